The van der Waals surface area contributed by atoms with Crippen LogP contribution in [0.5, 0.6) is 0 Å². The number of imidazole rings is 1. The molecule has 2 aromatic rings. The molecule has 0 unspecified atom stereocenters. The van der Waals surface area contributed by atoms with Gasteiger partial charge in [-0.05, 0) is 38.3 Å². The van der Waals surface area contributed by atoms with Gasteiger partial charge in [0.05, 0.1) is 17.6 Å². The number of para-hydroxylation sites is 2. The standard InChI is InChI=1S/C20H28N4O2/c1-4-23-16-10-6-5-9-15(16)22-18(23)13-21-19(25)17-11-7-8-12-24(17)20(26)14(2)3/h5-6,9-10,14,17H,4,7-8,11-13H2,1-3H3,(H,21,25)/t17-/m0/s1. The fraction of sp³-hybridized carbons (Fsp3) is 0.550. The summed E-state index contributed by atoms with van der Waals surface area (Å²) >= 11 is 0. The van der Waals surface area contributed by atoms with Crippen LogP contribution in [-0.4, -0.2) is 38.9 Å². The summed E-state index contributed by atoms with van der Waals surface area (Å²) in [5.74, 6) is 0.742. The van der Waals surface area contributed by atoms with Crippen LogP contribution in [0.2, 0.25) is 0 Å². The van der Waals surface area contributed by atoms with Gasteiger partial charge in [-0.1, -0.05) is 26.0 Å². The second-order valence-corrected chi connectivity index (χ2v) is 7.18. The third-order valence-corrected chi connectivity index (χ3v) is 5.05. The highest BCUT2D eigenvalue weighted by molar-refractivity contribution is 5.88. The monoisotopic (exact) mass is 356 g/mol. The molecule has 1 aromatic heterocycles. The molecule has 6 nitrogen and oxygen atoms in total. The predicted molar refractivity (Wildman–Crippen MR) is 101 cm³/mol. The first-order chi connectivity index (χ1) is 12.5. The number of hydrogen-bond donors (Lipinski definition) is 1. The molecule has 0 spiro atoms. The Morgan fingerprint density at radius 1 is 1.27 bits per heavy atom. The van der Waals surface area contributed by atoms with E-state index >= 15 is 0 Å². The highest BCUT2D eigenvalue weighted by atomic mass is 16.2. The first-order valence-corrected chi connectivity index (χ1v) is 9.55. The van der Waals surface area contributed by atoms with Crippen molar-refractivity contribution in [2.45, 2.75) is 59.2 Å². The lowest BCUT2D eigenvalue weighted by Crippen LogP contribution is -2.52. The molecule has 1 atom stereocenters. The molecule has 6 heteroatoms. The van der Waals surface area contributed by atoms with Crippen LogP contribution in [0.4, 0.5) is 0 Å². The minimum absolute atomic E-state index is 0.0608. The van der Waals surface area contributed by atoms with E-state index < -0.39 is 0 Å². The molecule has 1 aliphatic heterocycles. The second kappa shape index (κ2) is 7.89. The number of rotatable bonds is 5. The van der Waals surface area contributed by atoms with Crippen molar-refractivity contribution in [1.82, 2.24) is 19.8 Å². The van der Waals surface area contributed by atoms with Crippen molar-refractivity contribution in [3.8, 4) is 0 Å². The third kappa shape index (κ3) is 3.59. The Balaban J connectivity index is 1.72. The minimum Gasteiger partial charge on any atom is -0.347 e. The lowest BCUT2D eigenvalue weighted by Gasteiger charge is -2.35. The molecule has 1 saturated heterocycles. The van der Waals surface area contributed by atoms with E-state index in [1.54, 1.807) is 4.90 Å². The number of piperidine rings is 1. The maximum Gasteiger partial charge on any atom is 0.243 e. The molecule has 0 aliphatic carbocycles. The summed E-state index contributed by atoms with van der Waals surface area (Å²) in [6, 6.07) is 7.63. The van der Waals surface area contributed by atoms with Gasteiger partial charge in [-0.3, -0.25) is 9.59 Å². The maximum atomic E-state index is 12.8. The van der Waals surface area contributed by atoms with Gasteiger partial charge in [0.2, 0.25) is 11.8 Å². The molecule has 3 rings (SSSR count). The molecule has 140 valence electrons. The molecule has 2 amide bonds. The van der Waals surface area contributed by atoms with Gasteiger partial charge < -0.3 is 14.8 Å². The molecule has 1 aromatic carbocycles. The Morgan fingerprint density at radius 3 is 2.77 bits per heavy atom. The second-order valence-electron chi connectivity index (χ2n) is 7.18. The number of aryl methyl sites for hydroxylation is 1. The van der Waals surface area contributed by atoms with Gasteiger partial charge in [0.25, 0.3) is 0 Å². The van der Waals surface area contributed by atoms with E-state index in [2.05, 4.69) is 21.8 Å². The first kappa shape index (κ1) is 18.4. The van der Waals surface area contributed by atoms with E-state index in [0.29, 0.717) is 13.1 Å². The molecule has 2 heterocycles. The molecule has 0 bridgehead atoms. The highest BCUT2D eigenvalue weighted by Crippen LogP contribution is 2.20. The van der Waals surface area contributed by atoms with Crippen molar-refractivity contribution in [2.75, 3.05) is 6.54 Å². The Hall–Kier alpha value is -2.37. The number of carbonyl (C=O) groups excluding carboxylic acids is 2. The van der Waals surface area contributed by atoms with Gasteiger partial charge in [0.1, 0.15) is 11.9 Å². The van der Waals surface area contributed by atoms with E-state index in [0.717, 1.165) is 42.7 Å². The number of likely N-dealkylation sites (tertiary alicyclic amines) is 1. The highest BCUT2D eigenvalue weighted by Gasteiger charge is 2.33. The van der Waals surface area contributed by atoms with Gasteiger partial charge in [-0.15, -0.1) is 0 Å². The Kier molecular flexibility index (Phi) is 5.59. The molecule has 1 fully saturated rings. The van der Waals surface area contributed by atoms with Gasteiger partial charge in [-0.2, -0.15) is 0 Å². The smallest absolute Gasteiger partial charge is 0.243 e. The fourth-order valence-electron chi connectivity index (χ4n) is 3.70. The Morgan fingerprint density at radius 2 is 2.04 bits per heavy atom. The fourth-order valence-corrected chi connectivity index (χ4v) is 3.70. The first-order valence-electron chi connectivity index (χ1n) is 9.55. The van der Waals surface area contributed by atoms with E-state index in [1.807, 2.05) is 38.1 Å². The summed E-state index contributed by atoms with van der Waals surface area (Å²) in [7, 11) is 0. The Bertz CT molecular complexity index is 796. The summed E-state index contributed by atoms with van der Waals surface area (Å²) in [6.07, 6.45) is 2.68. The molecular weight excluding hydrogens is 328 g/mol. The van der Waals surface area contributed by atoms with Crippen LogP contribution in [0.15, 0.2) is 24.3 Å². The summed E-state index contributed by atoms with van der Waals surface area (Å²) < 4.78 is 2.12. The van der Waals surface area contributed by atoms with Gasteiger partial charge in [0.15, 0.2) is 0 Å². The molecule has 1 aliphatic rings. The van der Waals surface area contributed by atoms with Crippen molar-refractivity contribution < 1.29 is 9.59 Å². The lowest BCUT2D eigenvalue weighted by atomic mass is 9.99. The van der Waals surface area contributed by atoms with Crippen LogP contribution in [0.1, 0.15) is 45.9 Å². The van der Waals surface area contributed by atoms with Crippen LogP contribution in [0.25, 0.3) is 11.0 Å². The number of hydrogen-bond acceptors (Lipinski definition) is 3. The van der Waals surface area contributed by atoms with Crippen LogP contribution in [0.3, 0.4) is 0 Å². The topological polar surface area (TPSA) is 67.2 Å². The zero-order chi connectivity index (χ0) is 18.7. The van der Waals surface area contributed by atoms with Crippen molar-refractivity contribution in [3.63, 3.8) is 0 Å². The molecule has 26 heavy (non-hydrogen) atoms. The molecule has 1 N–H and O–H groups in total. The maximum absolute atomic E-state index is 12.8. The van der Waals surface area contributed by atoms with Crippen molar-refractivity contribution in [1.29, 1.82) is 0 Å². The SMILES string of the molecule is CCn1c(CNC(=O)[C@@H]2CCCCN2C(=O)C(C)C)nc2ccccc21. The van der Waals surface area contributed by atoms with E-state index in [9.17, 15) is 9.59 Å². The number of benzene rings is 1. The van der Waals surface area contributed by atoms with Crippen LogP contribution in [-0.2, 0) is 22.7 Å². The summed E-state index contributed by atoms with van der Waals surface area (Å²) in [5, 5.41) is 3.01. The number of nitrogens with one attached hydrogen (secondary N) is 1. The van der Waals surface area contributed by atoms with Crippen molar-refractivity contribution in [2.24, 2.45) is 5.92 Å². The van der Waals surface area contributed by atoms with E-state index in [4.69, 9.17) is 0 Å². The van der Waals surface area contributed by atoms with Crippen LogP contribution in [0, 0.1) is 5.92 Å². The van der Waals surface area contributed by atoms with E-state index in [-0.39, 0.29) is 23.8 Å². The normalized spacial score (nSPS) is 17.7. The zero-order valence-corrected chi connectivity index (χ0v) is 15.9. The largest absolute Gasteiger partial charge is 0.347 e. The lowest BCUT2D eigenvalue weighted by molar-refractivity contribution is -0.144. The molecule has 0 saturated carbocycles. The number of nitrogens with zero attached hydrogens (tertiary/aromatic N) is 3. The average Bonchev–Trinajstić information content (AvgIpc) is 3.02. The number of fused-ring (bicyclic) bond motifs is 1. The average molecular weight is 356 g/mol. The van der Waals surface area contributed by atoms with Crippen molar-refractivity contribution in [3.05, 3.63) is 30.1 Å². The number of aromatic nitrogens is 2. The predicted octanol–water partition coefficient (Wildman–Crippen LogP) is 2.71. The minimum atomic E-state index is -0.363. The summed E-state index contributed by atoms with van der Waals surface area (Å²) in [5.41, 5.74) is 2.02. The van der Waals surface area contributed by atoms with Crippen LogP contribution >= 0.6 is 0 Å². The quantitative estimate of drug-likeness (QED) is 0.896. The van der Waals surface area contributed by atoms with Gasteiger partial charge in [-0.25, -0.2) is 4.98 Å². The van der Waals surface area contributed by atoms with E-state index in [1.165, 1.54) is 0 Å². The number of carbonyl (C=O) groups is 2. The molecular formula is C20H28N4O2. The van der Waals surface area contributed by atoms with Gasteiger partial charge >= 0.3 is 0 Å². The number of amides is 2. The zero-order valence-electron chi connectivity index (χ0n) is 15.9. The van der Waals surface area contributed by atoms with Gasteiger partial charge in [0, 0.05) is 19.0 Å². The third-order valence-electron chi connectivity index (χ3n) is 5.05. The summed E-state index contributed by atoms with van der Waals surface area (Å²) in [6.45, 7) is 7.69. The van der Waals surface area contributed by atoms with Crippen molar-refractivity contribution >= 4 is 22.8 Å². The summed E-state index contributed by atoms with van der Waals surface area (Å²) in [4.78, 5) is 31.6. The Labute approximate surface area is 154 Å². The molecule has 0 radical (unpaired) electrons. The van der Waals surface area contributed by atoms with Crippen LogP contribution < -0.4 is 5.32 Å².